The molecule has 2 aliphatic rings. The molecule has 0 aromatic heterocycles. The fraction of sp³-hybridized carbons (Fsp3) is 0.625. The van der Waals surface area contributed by atoms with Crippen molar-refractivity contribution in [2.24, 2.45) is 5.92 Å². The maximum absolute atomic E-state index is 5.64. The van der Waals surface area contributed by atoms with Gasteiger partial charge in [0.2, 0.25) is 0 Å². The van der Waals surface area contributed by atoms with Gasteiger partial charge in [-0.15, -0.1) is 0 Å². The van der Waals surface area contributed by atoms with Crippen LogP contribution in [0.3, 0.4) is 0 Å². The molecule has 19 heavy (non-hydrogen) atoms. The topological polar surface area (TPSA) is 33.3 Å². The van der Waals surface area contributed by atoms with Crippen molar-refractivity contribution < 1.29 is 4.74 Å². The number of ether oxygens (including phenoxy) is 1. The number of hydrogen-bond acceptors (Lipinski definition) is 3. The van der Waals surface area contributed by atoms with E-state index in [9.17, 15) is 0 Å². The Balaban J connectivity index is 1.38. The second-order valence-corrected chi connectivity index (χ2v) is 5.75. The highest BCUT2D eigenvalue weighted by molar-refractivity contribution is 5.32. The van der Waals surface area contributed by atoms with E-state index in [0.717, 1.165) is 45.3 Å². The Hall–Kier alpha value is -0.900. The Morgan fingerprint density at radius 3 is 3.05 bits per heavy atom. The van der Waals surface area contributed by atoms with Gasteiger partial charge >= 0.3 is 0 Å². The number of nitrogens with one attached hydrogen (secondary N) is 2. The Morgan fingerprint density at radius 2 is 2.16 bits per heavy atom. The summed E-state index contributed by atoms with van der Waals surface area (Å²) in [5, 5.41) is 7.02. The maximum atomic E-state index is 5.64. The first-order chi connectivity index (χ1) is 9.43. The van der Waals surface area contributed by atoms with Crippen molar-refractivity contribution in [3.63, 3.8) is 0 Å². The molecule has 0 spiro atoms. The molecule has 1 aromatic carbocycles. The minimum absolute atomic E-state index is 0.591. The van der Waals surface area contributed by atoms with E-state index in [1.807, 2.05) is 0 Å². The largest absolute Gasteiger partial charge is 0.380 e. The van der Waals surface area contributed by atoms with Crippen molar-refractivity contribution in [2.45, 2.75) is 25.3 Å². The van der Waals surface area contributed by atoms with Crippen molar-refractivity contribution in [3.8, 4) is 0 Å². The van der Waals surface area contributed by atoms with Gasteiger partial charge in [-0.1, -0.05) is 24.3 Å². The molecule has 1 aliphatic carbocycles. The second-order valence-electron chi connectivity index (χ2n) is 5.75. The van der Waals surface area contributed by atoms with E-state index >= 15 is 0 Å². The van der Waals surface area contributed by atoms with E-state index in [1.165, 1.54) is 24.0 Å². The van der Waals surface area contributed by atoms with Gasteiger partial charge in [-0.2, -0.15) is 0 Å². The third-order valence-corrected chi connectivity index (χ3v) is 4.07. The summed E-state index contributed by atoms with van der Waals surface area (Å²) in [6.07, 6.45) is 2.75. The van der Waals surface area contributed by atoms with Gasteiger partial charge in [0.25, 0.3) is 0 Å². The van der Waals surface area contributed by atoms with E-state index in [4.69, 9.17) is 4.74 Å². The first-order valence-corrected chi connectivity index (χ1v) is 7.50. The van der Waals surface area contributed by atoms with E-state index in [1.54, 1.807) is 0 Å². The Kier molecular flexibility index (Phi) is 4.49. The summed E-state index contributed by atoms with van der Waals surface area (Å²) in [5.74, 6) is 1.46. The average molecular weight is 260 g/mol. The fourth-order valence-corrected chi connectivity index (χ4v) is 2.72. The zero-order valence-corrected chi connectivity index (χ0v) is 11.5. The predicted octanol–water partition coefficient (Wildman–Crippen LogP) is 1.89. The summed E-state index contributed by atoms with van der Waals surface area (Å²) in [6.45, 7) is 5.90. The highest BCUT2D eigenvalue weighted by atomic mass is 16.5. The van der Waals surface area contributed by atoms with Gasteiger partial charge < -0.3 is 15.4 Å². The summed E-state index contributed by atoms with van der Waals surface area (Å²) >= 11 is 0. The number of fused-ring (bicyclic) bond motifs is 1. The van der Waals surface area contributed by atoms with Crippen LogP contribution in [-0.4, -0.2) is 32.8 Å². The Bertz CT molecular complexity index is 403. The van der Waals surface area contributed by atoms with Gasteiger partial charge in [0.15, 0.2) is 0 Å². The Labute approximate surface area is 115 Å². The van der Waals surface area contributed by atoms with Crippen LogP contribution in [0.2, 0.25) is 0 Å². The molecule has 3 nitrogen and oxygen atoms in total. The van der Waals surface area contributed by atoms with E-state index in [-0.39, 0.29) is 0 Å². The zero-order chi connectivity index (χ0) is 12.9. The van der Waals surface area contributed by atoms with Crippen molar-refractivity contribution in [1.82, 2.24) is 10.6 Å². The van der Waals surface area contributed by atoms with Crippen LogP contribution >= 0.6 is 0 Å². The van der Waals surface area contributed by atoms with Gasteiger partial charge in [-0.3, -0.25) is 0 Å². The number of benzene rings is 1. The molecule has 1 fully saturated rings. The number of rotatable bonds is 7. The molecule has 2 N–H and O–H groups in total. The molecule has 1 heterocycles. The molecule has 0 radical (unpaired) electrons. The summed E-state index contributed by atoms with van der Waals surface area (Å²) in [4.78, 5) is 0. The fourth-order valence-electron chi connectivity index (χ4n) is 2.72. The molecular formula is C16H24N2O. The third kappa shape index (κ3) is 3.78. The maximum Gasteiger partial charge on any atom is 0.0591 e. The molecule has 1 unspecified atom stereocenters. The van der Waals surface area contributed by atoms with Crippen molar-refractivity contribution >= 4 is 0 Å². The lowest BCUT2D eigenvalue weighted by molar-refractivity contribution is 0.126. The highest BCUT2D eigenvalue weighted by Gasteiger charge is 2.21. The SMILES string of the molecule is c1ccc2c(c1)CNCC2CNCCOCC1CC1. The van der Waals surface area contributed by atoms with Gasteiger partial charge in [0.1, 0.15) is 0 Å². The Morgan fingerprint density at radius 1 is 1.26 bits per heavy atom. The second kappa shape index (κ2) is 6.51. The first kappa shape index (κ1) is 13.1. The van der Waals surface area contributed by atoms with Gasteiger partial charge in [-0.25, -0.2) is 0 Å². The van der Waals surface area contributed by atoms with Crippen LogP contribution in [0.5, 0.6) is 0 Å². The van der Waals surface area contributed by atoms with Gasteiger partial charge in [-0.05, 0) is 29.9 Å². The van der Waals surface area contributed by atoms with E-state index in [2.05, 4.69) is 34.9 Å². The normalized spacial score (nSPS) is 22.2. The molecule has 1 aromatic rings. The average Bonchev–Trinajstić information content (AvgIpc) is 3.27. The molecule has 3 heteroatoms. The smallest absolute Gasteiger partial charge is 0.0591 e. The van der Waals surface area contributed by atoms with Gasteiger partial charge in [0, 0.05) is 38.7 Å². The molecule has 1 atom stereocenters. The van der Waals surface area contributed by atoms with Crippen LogP contribution in [0.4, 0.5) is 0 Å². The number of hydrogen-bond donors (Lipinski definition) is 2. The molecule has 1 aliphatic heterocycles. The molecular weight excluding hydrogens is 236 g/mol. The lowest BCUT2D eigenvalue weighted by Gasteiger charge is -2.26. The van der Waals surface area contributed by atoms with E-state index in [0.29, 0.717) is 5.92 Å². The third-order valence-electron chi connectivity index (χ3n) is 4.07. The van der Waals surface area contributed by atoms with E-state index < -0.39 is 0 Å². The van der Waals surface area contributed by atoms with Crippen LogP contribution < -0.4 is 10.6 Å². The van der Waals surface area contributed by atoms with Crippen molar-refractivity contribution in [3.05, 3.63) is 35.4 Å². The molecule has 1 saturated carbocycles. The van der Waals surface area contributed by atoms with Crippen molar-refractivity contribution in [2.75, 3.05) is 32.8 Å². The van der Waals surface area contributed by atoms with Crippen molar-refractivity contribution in [1.29, 1.82) is 0 Å². The monoisotopic (exact) mass is 260 g/mol. The molecule has 104 valence electrons. The van der Waals surface area contributed by atoms with Crippen LogP contribution in [0.15, 0.2) is 24.3 Å². The predicted molar refractivity (Wildman–Crippen MR) is 77.3 cm³/mol. The summed E-state index contributed by atoms with van der Waals surface area (Å²) in [6, 6.07) is 8.78. The quantitative estimate of drug-likeness (QED) is 0.735. The minimum Gasteiger partial charge on any atom is -0.380 e. The summed E-state index contributed by atoms with van der Waals surface area (Å²) in [7, 11) is 0. The first-order valence-electron chi connectivity index (χ1n) is 7.50. The van der Waals surface area contributed by atoms with Crippen LogP contribution in [0, 0.1) is 5.92 Å². The van der Waals surface area contributed by atoms with Crippen LogP contribution in [0.25, 0.3) is 0 Å². The minimum atomic E-state index is 0.591. The highest BCUT2D eigenvalue weighted by Crippen LogP contribution is 2.28. The summed E-state index contributed by atoms with van der Waals surface area (Å²) in [5.41, 5.74) is 2.96. The summed E-state index contributed by atoms with van der Waals surface area (Å²) < 4.78 is 5.64. The lowest BCUT2D eigenvalue weighted by Crippen LogP contribution is -2.35. The van der Waals surface area contributed by atoms with Crippen LogP contribution in [0.1, 0.15) is 29.9 Å². The lowest BCUT2D eigenvalue weighted by atomic mass is 9.91. The molecule has 0 amide bonds. The molecule has 0 saturated heterocycles. The molecule has 0 bridgehead atoms. The molecule has 3 rings (SSSR count). The van der Waals surface area contributed by atoms with Gasteiger partial charge in [0.05, 0.1) is 6.61 Å². The standard InChI is InChI=1S/C16H24N2O/c1-2-4-16-14(3-1)9-18-11-15(16)10-17-7-8-19-12-13-5-6-13/h1-4,13,15,17-18H,5-12H2. The van der Waals surface area contributed by atoms with Crippen LogP contribution in [-0.2, 0) is 11.3 Å². The zero-order valence-electron chi connectivity index (χ0n) is 11.5.